The van der Waals surface area contributed by atoms with Crippen LogP contribution in [-0.2, 0) is 5.54 Å². The molecule has 0 saturated heterocycles. The number of nitrogens with one attached hydrogen (secondary N) is 1. The number of amides is 1. The van der Waals surface area contributed by atoms with Crippen LogP contribution in [0.25, 0.3) is 0 Å². The van der Waals surface area contributed by atoms with Crippen molar-refractivity contribution in [3.05, 3.63) is 53.7 Å². The summed E-state index contributed by atoms with van der Waals surface area (Å²) in [6, 6.07) is 7.06. The minimum atomic E-state index is -0.530. The third-order valence-corrected chi connectivity index (χ3v) is 4.49. The molecule has 1 aromatic carbocycles. The van der Waals surface area contributed by atoms with Crippen molar-refractivity contribution < 1.29 is 13.6 Å². The summed E-state index contributed by atoms with van der Waals surface area (Å²) >= 11 is 1.50. The molecule has 1 aliphatic heterocycles. The van der Waals surface area contributed by atoms with Crippen LogP contribution in [0.2, 0.25) is 0 Å². The van der Waals surface area contributed by atoms with Crippen LogP contribution >= 0.6 is 11.8 Å². The van der Waals surface area contributed by atoms with E-state index < -0.39 is 17.3 Å². The fourth-order valence-electron chi connectivity index (χ4n) is 2.35. The van der Waals surface area contributed by atoms with Gasteiger partial charge in [0.15, 0.2) is 5.17 Å². The topological polar surface area (TPSA) is 80.6 Å². The van der Waals surface area contributed by atoms with Crippen molar-refractivity contribution in [1.82, 2.24) is 0 Å². The highest BCUT2D eigenvalue weighted by Crippen LogP contribution is 2.36. The van der Waals surface area contributed by atoms with Gasteiger partial charge in [0.05, 0.1) is 11.2 Å². The minimum absolute atomic E-state index is 0.0790. The summed E-state index contributed by atoms with van der Waals surface area (Å²) in [5.74, 6) is -0.205. The molecule has 23 heavy (non-hydrogen) atoms. The molecule has 118 valence electrons. The molecule has 0 fully saturated rings. The standard InChI is InChI=1S/C16H14FN3O2S/c1-16(5-7-23-15(18)20-16)11-2-3-12(17)13(8-11)19-14(21)10-4-6-22-9-10/h2-3,8-9H,5,7H2,1H3,(H2,18,20)(H,19,21). The van der Waals surface area contributed by atoms with Gasteiger partial charge < -0.3 is 15.5 Å². The zero-order chi connectivity index (χ0) is 16.4. The number of nitrogens with two attached hydrogens (primary N) is 1. The summed E-state index contributed by atoms with van der Waals surface area (Å²) in [7, 11) is 0. The van der Waals surface area contributed by atoms with Crippen LogP contribution in [-0.4, -0.2) is 16.8 Å². The number of benzene rings is 1. The van der Waals surface area contributed by atoms with E-state index in [-0.39, 0.29) is 11.3 Å². The largest absolute Gasteiger partial charge is 0.413 e. The summed E-state index contributed by atoms with van der Waals surface area (Å²) in [5, 5.41) is 3.02. The Balaban J connectivity index is 1.90. The molecule has 3 rings (SSSR count). The van der Waals surface area contributed by atoms with Gasteiger partial charge >= 0.3 is 0 Å². The quantitative estimate of drug-likeness (QED) is 0.906. The predicted octanol–water partition coefficient (Wildman–Crippen LogP) is 2.94. The number of amidine groups is 1. The van der Waals surface area contributed by atoms with Crippen molar-refractivity contribution in [2.75, 3.05) is 11.1 Å². The number of anilines is 1. The Morgan fingerprint density at radius 3 is 3.09 bits per heavy atom. The molecule has 2 aromatic rings. The summed E-state index contributed by atoms with van der Waals surface area (Å²) in [6.45, 7) is 1.94. The van der Waals surface area contributed by atoms with Crippen molar-refractivity contribution in [2.24, 2.45) is 10.7 Å². The van der Waals surface area contributed by atoms with Crippen molar-refractivity contribution in [3.63, 3.8) is 0 Å². The highest BCUT2D eigenvalue weighted by molar-refractivity contribution is 8.13. The predicted molar refractivity (Wildman–Crippen MR) is 86.8 cm³/mol. The Hall–Kier alpha value is -2.46. The Kier molecular flexibility index (Phi) is 4.01. The first-order chi connectivity index (χ1) is 11.0. The van der Waals surface area contributed by atoms with E-state index in [1.807, 2.05) is 6.92 Å². The van der Waals surface area contributed by atoms with E-state index in [0.29, 0.717) is 5.17 Å². The van der Waals surface area contributed by atoms with Crippen LogP contribution in [0.15, 0.2) is 33.9 Å². The number of aliphatic imine (C=N–C) groups is 1. The van der Waals surface area contributed by atoms with Crippen LogP contribution in [0.1, 0.15) is 29.3 Å². The van der Waals surface area contributed by atoms with Gasteiger partial charge in [-0.15, -0.1) is 0 Å². The monoisotopic (exact) mass is 331 g/mol. The highest BCUT2D eigenvalue weighted by Gasteiger charge is 2.30. The number of carbonyl (C=O) groups excluding carboxylic acids is 1. The zero-order valence-electron chi connectivity index (χ0n) is 12.4. The number of hydrogen-bond acceptors (Lipinski definition) is 5. The van der Waals surface area contributed by atoms with Crippen molar-refractivity contribution >= 4 is 28.5 Å². The SMILES string of the molecule is CC1(c2ccc(F)c(NC(=O)c3c#coc3)c2)CCSC(N)=N1. The lowest BCUT2D eigenvalue weighted by Crippen LogP contribution is -2.29. The first-order valence-electron chi connectivity index (χ1n) is 6.94. The van der Waals surface area contributed by atoms with Gasteiger partial charge in [-0.25, -0.2) is 4.39 Å². The van der Waals surface area contributed by atoms with E-state index in [2.05, 4.69) is 27.1 Å². The molecule has 1 aromatic heterocycles. The fraction of sp³-hybridized carbons (Fsp3) is 0.250. The van der Waals surface area contributed by atoms with Gasteiger partial charge in [0.1, 0.15) is 23.9 Å². The van der Waals surface area contributed by atoms with Gasteiger partial charge in [0, 0.05) is 5.75 Å². The molecule has 0 spiro atoms. The zero-order valence-corrected chi connectivity index (χ0v) is 13.2. The van der Waals surface area contributed by atoms with Gasteiger partial charge in [0.2, 0.25) is 0 Å². The molecule has 0 saturated carbocycles. The molecule has 3 N–H and O–H groups in total. The maximum atomic E-state index is 14.0. The first kappa shape index (κ1) is 15.4. The minimum Gasteiger partial charge on any atom is -0.413 e. The third-order valence-electron chi connectivity index (χ3n) is 3.70. The van der Waals surface area contributed by atoms with Gasteiger partial charge in [-0.05, 0) is 37.1 Å². The molecular formula is C16H14FN3O2S. The normalized spacial score (nSPS) is 20.5. The lowest BCUT2D eigenvalue weighted by atomic mass is 9.89. The molecule has 1 aliphatic rings. The van der Waals surface area contributed by atoms with Crippen LogP contribution < -0.4 is 11.1 Å². The Labute approximate surface area is 137 Å². The molecule has 1 atom stereocenters. The average molecular weight is 331 g/mol. The van der Waals surface area contributed by atoms with E-state index in [0.717, 1.165) is 17.7 Å². The van der Waals surface area contributed by atoms with Crippen molar-refractivity contribution in [3.8, 4) is 0 Å². The van der Waals surface area contributed by atoms with Crippen LogP contribution in [0.3, 0.4) is 0 Å². The molecule has 0 bridgehead atoms. The number of nitrogens with zero attached hydrogens (tertiary/aromatic N) is 1. The van der Waals surface area contributed by atoms with E-state index >= 15 is 0 Å². The maximum absolute atomic E-state index is 14.0. The Morgan fingerprint density at radius 1 is 1.57 bits per heavy atom. The average Bonchev–Trinajstić information content (AvgIpc) is 3.03. The maximum Gasteiger partial charge on any atom is 0.267 e. The van der Waals surface area contributed by atoms with Crippen molar-refractivity contribution in [2.45, 2.75) is 18.9 Å². The molecule has 5 nitrogen and oxygen atoms in total. The van der Waals surface area contributed by atoms with Gasteiger partial charge in [-0.2, -0.15) is 0 Å². The summed E-state index contributed by atoms with van der Waals surface area (Å²) in [4.78, 5) is 16.5. The summed E-state index contributed by atoms with van der Waals surface area (Å²) < 4.78 is 18.7. The highest BCUT2D eigenvalue weighted by atomic mass is 32.2. The first-order valence-corrected chi connectivity index (χ1v) is 7.93. The molecule has 7 heteroatoms. The van der Waals surface area contributed by atoms with Crippen LogP contribution in [0, 0.1) is 18.1 Å². The number of rotatable bonds is 3. The number of carbonyl (C=O) groups is 1. The number of thioether (sulfide) groups is 1. The smallest absolute Gasteiger partial charge is 0.267 e. The number of hydrogen-bond donors (Lipinski definition) is 2. The van der Waals surface area contributed by atoms with E-state index in [1.165, 1.54) is 24.1 Å². The fourth-order valence-corrected chi connectivity index (χ4v) is 3.33. The Morgan fingerprint density at radius 2 is 2.39 bits per heavy atom. The van der Waals surface area contributed by atoms with E-state index in [9.17, 15) is 9.18 Å². The molecule has 0 radical (unpaired) electrons. The lowest BCUT2D eigenvalue weighted by Gasteiger charge is -2.30. The second-order valence-corrected chi connectivity index (χ2v) is 6.46. The summed E-state index contributed by atoms with van der Waals surface area (Å²) in [5.41, 5.74) is 6.30. The molecule has 1 unspecified atom stereocenters. The van der Waals surface area contributed by atoms with Gasteiger partial charge in [0.25, 0.3) is 5.91 Å². The van der Waals surface area contributed by atoms with E-state index in [1.54, 1.807) is 12.1 Å². The van der Waals surface area contributed by atoms with Crippen LogP contribution in [0.4, 0.5) is 10.1 Å². The van der Waals surface area contributed by atoms with Gasteiger partial charge in [-0.1, -0.05) is 17.8 Å². The van der Waals surface area contributed by atoms with E-state index in [4.69, 9.17) is 5.73 Å². The third kappa shape index (κ3) is 3.17. The van der Waals surface area contributed by atoms with Gasteiger partial charge in [-0.3, -0.25) is 9.79 Å². The molecular weight excluding hydrogens is 317 g/mol. The molecule has 0 aliphatic carbocycles. The number of halogens is 1. The van der Waals surface area contributed by atoms with Crippen molar-refractivity contribution in [1.29, 1.82) is 0 Å². The molecule has 2 heterocycles. The lowest BCUT2D eigenvalue weighted by molar-refractivity contribution is 0.102. The Bertz CT molecular complexity index is 761. The summed E-state index contributed by atoms with van der Waals surface area (Å²) in [6.07, 6.45) is 4.27. The second kappa shape index (κ2) is 5.97. The van der Waals surface area contributed by atoms with Crippen LogP contribution in [0.5, 0.6) is 0 Å². The second-order valence-electron chi connectivity index (χ2n) is 5.35. The molecule has 1 amide bonds.